The van der Waals surface area contributed by atoms with Crippen molar-refractivity contribution in [3.8, 4) is 0 Å². The molecule has 0 saturated carbocycles. The highest BCUT2D eigenvalue weighted by Gasteiger charge is 1.92. The van der Waals surface area contributed by atoms with Crippen molar-refractivity contribution in [1.29, 1.82) is 0 Å². The quantitative estimate of drug-likeness (QED) is 0.770. The van der Waals surface area contributed by atoms with E-state index in [4.69, 9.17) is 0 Å². The van der Waals surface area contributed by atoms with Gasteiger partial charge < -0.3 is 0 Å². The van der Waals surface area contributed by atoms with Crippen LogP contribution in [0.1, 0.15) is 6.42 Å². The van der Waals surface area contributed by atoms with E-state index in [0.717, 1.165) is 22.8 Å². The minimum Gasteiger partial charge on any atom is -0.272 e. The SMILES string of the molecule is BrCCCn1cc(Br)cn1. The Morgan fingerprint density at radius 3 is 2.90 bits per heavy atom. The maximum absolute atomic E-state index is 4.10. The van der Waals surface area contributed by atoms with Gasteiger partial charge in [-0.2, -0.15) is 5.10 Å². The van der Waals surface area contributed by atoms with Crippen LogP contribution in [0, 0.1) is 0 Å². The van der Waals surface area contributed by atoms with Gasteiger partial charge in [-0.15, -0.1) is 0 Å². The van der Waals surface area contributed by atoms with Crippen LogP contribution in [0.2, 0.25) is 0 Å². The van der Waals surface area contributed by atoms with Crippen LogP contribution in [0.25, 0.3) is 0 Å². The highest BCUT2D eigenvalue weighted by atomic mass is 79.9. The normalized spacial score (nSPS) is 10.2. The van der Waals surface area contributed by atoms with Gasteiger partial charge in [0.25, 0.3) is 0 Å². The van der Waals surface area contributed by atoms with E-state index < -0.39 is 0 Å². The molecule has 1 rings (SSSR count). The van der Waals surface area contributed by atoms with Crippen LogP contribution in [-0.2, 0) is 6.54 Å². The average Bonchev–Trinajstić information content (AvgIpc) is 2.31. The molecule has 0 radical (unpaired) electrons. The first kappa shape index (κ1) is 8.27. The van der Waals surface area contributed by atoms with Gasteiger partial charge in [0.15, 0.2) is 0 Å². The van der Waals surface area contributed by atoms with Crippen LogP contribution in [0.5, 0.6) is 0 Å². The van der Waals surface area contributed by atoms with Gasteiger partial charge in [0.2, 0.25) is 0 Å². The van der Waals surface area contributed by atoms with Gasteiger partial charge >= 0.3 is 0 Å². The maximum Gasteiger partial charge on any atom is 0.0632 e. The summed E-state index contributed by atoms with van der Waals surface area (Å²) in [6.45, 7) is 0.983. The Labute approximate surface area is 76.9 Å². The molecule has 0 fully saturated rings. The Hall–Kier alpha value is 0.170. The van der Waals surface area contributed by atoms with Crippen LogP contribution in [0.4, 0.5) is 0 Å². The van der Waals surface area contributed by atoms with Crippen LogP contribution in [0.3, 0.4) is 0 Å². The molecule has 0 unspecified atom stereocenters. The summed E-state index contributed by atoms with van der Waals surface area (Å²) in [5.41, 5.74) is 0. The molecular formula is C6H8Br2N2. The van der Waals surface area contributed by atoms with E-state index in [1.165, 1.54) is 0 Å². The number of alkyl halides is 1. The summed E-state index contributed by atoms with van der Waals surface area (Å²) in [4.78, 5) is 0. The molecular weight excluding hydrogens is 260 g/mol. The molecule has 56 valence electrons. The molecule has 0 aliphatic heterocycles. The Kier molecular flexibility index (Phi) is 3.42. The molecule has 0 amide bonds. The Morgan fingerprint density at radius 2 is 2.40 bits per heavy atom. The van der Waals surface area contributed by atoms with Crippen LogP contribution in [0.15, 0.2) is 16.9 Å². The van der Waals surface area contributed by atoms with E-state index in [9.17, 15) is 0 Å². The lowest BCUT2D eigenvalue weighted by molar-refractivity contribution is 0.607. The molecule has 1 aromatic heterocycles. The summed E-state index contributed by atoms with van der Waals surface area (Å²) < 4.78 is 2.97. The highest BCUT2D eigenvalue weighted by molar-refractivity contribution is 9.10. The minimum atomic E-state index is 0.983. The summed E-state index contributed by atoms with van der Waals surface area (Å²) in [5, 5.41) is 5.13. The number of halogens is 2. The van der Waals surface area contributed by atoms with Crippen molar-refractivity contribution in [2.75, 3.05) is 5.33 Å². The second-order valence-corrected chi connectivity index (χ2v) is 3.67. The van der Waals surface area contributed by atoms with Gasteiger partial charge in [0, 0.05) is 18.1 Å². The first-order valence-corrected chi connectivity index (χ1v) is 4.98. The maximum atomic E-state index is 4.10. The van der Waals surface area contributed by atoms with Crippen molar-refractivity contribution < 1.29 is 0 Å². The number of hydrogen-bond acceptors (Lipinski definition) is 1. The molecule has 1 heterocycles. The molecule has 0 aliphatic rings. The van der Waals surface area contributed by atoms with E-state index in [2.05, 4.69) is 37.0 Å². The van der Waals surface area contributed by atoms with Gasteiger partial charge in [-0.3, -0.25) is 4.68 Å². The Morgan fingerprint density at radius 1 is 1.60 bits per heavy atom. The monoisotopic (exact) mass is 266 g/mol. The van der Waals surface area contributed by atoms with Crippen molar-refractivity contribution >= 4 is 31.9 Å². The van der Waals surface area contributed by atoms with Gasteiger partial charge in [0.1, 0.15) is 0 Å². The molecule has 1 aromatic rings. The van der Waals surface area contributed by atoms with E-state index >= 15 is 0 Å². The minimum absolute atomic E-state index is 0.983. The summed E-state index contributed by atoms with van der Waals surface area (Å²) in [6, 6.07) is 0. The van der Waals surface area contributed by atoms with Gasteiger partial charge in [0.05, 0.1) is 10.7 Å². The molecule has 2 nitrogen and oxygen atoms in total. The highest BCUT2D eigenvalue weighted by Crippen LogP contribution is 2.06. The molecule has 0 N–H and O–H groups in total. The number of aryl methyl sites for hydroxylation is 1. The number of aromatic nitrogens is 2. The molecule has 0 atom stereocenters. The van der Waals surface area contributed by atoms with Crippen LogP contribution >= 0.6 is 31.9 Å². The van der Waals surface area contributed by atoms with Gasteiger partial charge in [-0.25, -0.2) is 0 Å². The molecule has 0 aliphatic carbocycles. The standard InChI is InChI=1S/C6H8Br2N2/c7-2-1-3-10-5-6(8)4-9-10/h4-5H,1-3H2. The van der Waals surface area contributed by atoms with E-state index in [1.807, 2.05) is 10.9 Å². The Bertz CT molecular complexity index is 197. The third-order valence-corrected chi connectivity index (χ3v) is 2.09. The van der Waals surface area contributed by atoms with Crippen molar-refractivity contribution in [2.24, 2.45) is 0 Å². The van der Waals surface area contributed by atoms with Crippen LogP contribution < -0.4 is 0 Å². The fraction of sp³-hybridized carbons (Fsp3) is 0.500. The third kappa shape index (κ3) is 2.42. The smallest absolute Gasteiger partial charge is 0.0632 e. The van der Waals surface area contributed by atoms with Gasteiger partial charge in [-0.05, 0) is 22.4 Å². The van der Waals surface area contributed by atoms with Gasteiger partial charge in [-0.1, -0.05) is 15.9 Å². The van der Waals surface area contributed by atoms with E-state index in [1.54, 1.807) is 6.20 Å². The fourth-order valence-corrected chi connectivity index (χ4v) is 1.26. The molecule has 4 heteroatoms. The van der Waals surface area contributed by atoms with Crippen molar-refractivity contribution in [2.45, 2.75) is 13.0 Å². The number of rotatable bonds is 3. The summed E-state index contributed by atoms with van der Waals surface area (Å²) in [5.74, 6) is 0. The molecule has 0 saturated heterocycles. The van der Waals surface area contributed by atoms with Crippen molar-refractivity contribution in [3.63, 3.8) is 0 Å². The fourth-order valence-electron chi connectivity index (χ4n) is 0.682. The predicted molar refractivity (Wildman–Crippen MR) is 48.3 cm³/mol. The first-order chi connectivity index (χ1) is 4.83. The lowest BCUT2D eigenvalue weighted by Crippen LogP contribution is -1.97. The topological polar surface area (TPSA) is 17.8 Å². The van der Waals surface area contributed by atoms with E-state index in [0.29, 0.717) is 0 Å². The van der Waals surface area contributed by atoms with Crippen LogP contribution in [-0.4, -0.2) is 15.1 Å². The molecule has 10 heavy (non-hydrogen) atoms. The summed E-state index contributed by atoms with van der Waals surface area (Å²) in [7, 11) is 0. The predicted octanol–water partition coefficient (Wildman–Crippen LogP) is 2.43. The third-order valence-electron chi connectivity index (χ3n) is 1.12. The van der Waals surface area contributed by atoms with Crippen molar-refractivity contribution in [1.82, 2.24) is 9.78 Å². The summed E-state index contributed by atoms with van der Waals surface area (Å²) >= 11 is 6.69. The zero-order valence-electron chi connectivity index (χ0n) is 5.43. The second kappa shape index (κ2) is 4.13. The van der Waals surface area contributed by atoms with E-state index in [-0.39, 0.29) is 0 Å². The number of hydrogen-bond donors (Lipinski definition) is 0. The average molecular weight is 268 g/mol. The number of nitrogens with zero attached hydrogens (tertiary/aromatic N) is 2. The first-order valence-electron chi connectivity index (χ1n) is 3.07. The lowest BCUT2D eigenvalue weighted by Gasteiger charge is -1.95. The zero-order chi connectivity index (χ0) is 7.40. The Balaban J connectivity index is 2.42. The molecule has 0 spiro atoms. The van der Waals surface area contributed by atoms with Crippen molar-refractivity contribution in [3.05, 3.63) is 16.9 Å². The summed E-state index contributed by atoms with van der Waals surface area (Å²) in [6.07, 6.45) is 4.89. The second-order valence-electron chi connectivity index (χ2n) is 1.96. The molecule has 0 bridgehead atoms. The molecule has 0 aromatic carbocycles. The zero-order valence-corrected chi connectivity index (χ0v) is 8.60. The largest absolute Gasteiger partial charge is 0.272 e. The lowest BCUT2D eigenvalue weighted by atomic mass is 10.5.